The summed E-state index contributed by atoms with van der Waals surface area (Å²) in [4.78, 5) is 1.65. The van der Waals surface area contributed by atoms with Crippen LogP contribution in [-0.4, -0.2) is 21.5 Å². The average molecular weight is 202 g/mol. The van der Waals surface area contributed by atoms with Gasteiger partial charge in [0.25, 0.3) is 0 Å². The molecule has 4 nitrogen and oxygen atoms in total. The summed E-state index contributed by atoms with van der Waals surface area (Å²) in [6.45, 7) is 3.78. The van der Waals surface area contributed by atoms with Crippen LogP contribution in [-0.2, 0) is 6.54 Å². The van der Waals surface area contributed by atoms with Crippen LogP contribution >= 0.6 is 0 Å². The van der Waals surface area contributed by atoms with Crippen molar-refractivity contribution < 1.29 is 0 Å². The molecule has 1 heterocycles. The summed E-state index contributed by atoms with van der Waals surface area (Å²) < 4.78 is 0. The van der Waals surface area contributed by atoms with Crippen LogP contribution in [0.2, 0.25) is 0 Å². The molecule has 0 aliphatic heterocycles. The van der Waals surface area contributed by atoms with Gasteiger partial charge in [-0.2, -0.15) is 15.0 Å². The van der Waals surface area contributed by atoms with Crippen LogP contribution in [0.5, 0.6) is 0 Å². The largest absolute Gasteiger partial charge is 0.311 e. The van der Waals surface area contributed by atoms with E-state index in [0.717, 1.165) is 24.5 Å². The van der Waals surface area contributed by atoms with Gasteiger partial charge in [-0.15, -0.1) is 0 Å². The van der Waals surface area contributed by atoms with E-state index in [4.69, 9.17) is 0 Å². The zero-order chi connectivity index (χ0) is 10.5. The molecule has 0 radical (unpaired) electrons. The molecule has 15 heavy (non-hydrogen) atoms. The average Bonchev–Trinajstić information content (AvgIpc) is 2.76. The van der Waals surface area contributed by atoms with E-state index in [2.05, 4.69) is 22.4 Å². The first-order chi connectivity index (χ1) is 7.40. The number of aromatic nitrogens is 3. The van der Waals surface area contributed by atoms with Crippen molar-refractivity contribution in [3.05, 3.63) is 42.2 Å². The van der Waals surface area contributed by atoms with Gasteiger partial charge < -0.3 is 5.32 Å². The molecule has 78 valence electrons. The monoisotopic (exact) mass is 202 g/mol. The molecule has 0 aliphatic carbocycles. The van der Waals surface area contributed by atoms with Crippen molar-refractivity contribution >= 4 is 0 Å². The normalized spacial score (nSPS) is 10.5. The molecule has 0 bridgehead atoms. The van der Waals surface area contributed by atoms with Crippen molar-refractivity contribution in [2.75, 3.05) is 6.54 Å². The van der Waals surface area contributed by atoms with Gasteiger partial charge in [0.2, 0.25) is 0 Å². The lowest BCUT2D eigenvalue weighted by molar-refractivity contribution is 0.684. The lowest BCUT2D eigenvalue weighted by Crippen LogP contribution is -2.12. The van der Waals surface area contributed by atoms with Gasteiger partial charge in [-0.3, -0.25) is 0 Å². The maximum atomic E-state index is 4.36. The molecule has 0 fully saturated rings. The quantitative estimate of drug-likeness (QED) is 0.814. The Morgan fingerprint density at radius 2 is 2.07 bits per heavy atom. The molecule has 0 aliphatic rings. The van der Waals surface area contributed by atoms with E-state index < -0.39 is 0 Å². The smallest absolute Gasteiger partial charge is 0.0969 e. The molecule has 0 saturated heterocycles. The number of rotatable bonds is 4. The zero-order valence-electron chi connectivity index (χ0n) is 8.72. The fourth-order valence-electron chi connectivity index (χ4n) is 1.31. The van der Waals surface area contributed by atoms with E-state index >= 15 is 0 Å². The molecular formula is C11H14N4. The van der Waals surface area contributed by atoms with E-state index in [1.165, 1.54) is 0 Å². The van der Waals surface area contributed by atoms with Gasteiger partial charge in [-0.25, -0.2) is 0 Å². The summed E-state index contributed by atoms with van der Waals surface area (Å²) in [6.07, 6.45) is 1.79. The summed E-state index contributed by atoms with van der Waals surface area (Å²) in [5.74, 6) is 0. The van der Waals surface area contributed by atoms with Crippen LogP contribution in [0.15, 0.2) is 36.5 Å². The first kappa shape index (κ1) is 9.86. The molecule has 0 unspecified atom stereocenters. The Morgan fingerprint density at radius 3 is 2.80 bits per heavy atom. The summed E-state index contributed by atoms with van der Waals surface area (Å²) in [6, 6.07) is 9.89. The van der Waals surface area contributed by atoms with Crippen LogP contribution in [0.1, 0.15) is 12.6 Å². The summed E-state index contributed by atoms with van der Waals surface area (Å²) >= 11 is 0. The van der Waals surface area contributed by atoms with Crippen molar-refractivity contribution in [2.45, 2.75) is 13.5 Å². The van der Waals surface area contributed by atoms with E-state index in [9.17, 15) is 0 Å². The predicted octanol–water partition coefficient (Wildman–Crippen LogP) is 1.38. The van der Waals surface area contributed by atoms with Crippen LogP contribution < -0.4 is 5.32 Å². The van der Waals surface area contributed by atoms with Crippen LogP contribution in [0.3, 0.4) is 0 Å². The van der Waals surface area contributed by atoms with E-state index in [1.54, 1.807) is 11.0 Å². The Balaban J connectivity index is 2.14. The fourth-order valence-corrected chi connectivity index (χ4v) is 1.31. The molecule has 1 N–H and O–H groups in total. The third-order valence-electron chi connectivity index (χ3n) is 2.08. The number of hydrogen-bond acceptors (Lipinski definition) is 3. The molecule has 0 atom stereocenters. The predicted molar refractivity (Wildman–Crippen MR) is 58.7 cm³/mol. The van der Waals surface area contributed by atoms with Crippen molar-refractivity contribution in [2.24, 2.45) is 0 Å². The highest BCUT2D eigenvalue weighted by Crippen LogP contribution is 2.03. The molecule has 0 spiro atoms. The minimum atomic E-state index is 0.767. The minimum absolute atomic E-state index is 0.767. The Bertz CT molecular complexity index is 408. The number of hydrogen-bond donors (Lipinski definition) is 1. The highest BCUT2D eigenvalue weighted by Gasteiger charge is 2.00. The molecule has 2 rings (SSSR count). The second-order valence-electron chi connectivity index (χ2n) is 3.24. The molecule has 1 aromatic heterocycles. The number of benzene rings is 1. The third kappa shape index (κ3) is 2.41. The van der Waals surface area contributed by atoms with Crippen LogP contribution in [0.4, 0.5) is 0 Å². The van der Waals surface area contributed by atoms with Gasteiger partial charge in [0, 0.05) is 6.54 Å². The first-order valence-corrected chi connectivity index (χ1v) is 5.07. The van der Waals surface area contributed by atoms with Gasteiger partial charge >= 0.3 is 0 Å². The highest BCUT2D eigenvalue weighted by molar-refractivity contribution is 5.28. The van der Waals surface area contributed by atoms with E-state index in [0.29, 0.717) is 0 Å². The van der Waals surface area contributed by atoms with Gasteiger partial charge in [0.1, 0.15) is 0 Å². The van der Waals surface area contributed by atoms with Gasteiger partial charge in [-0.1, -0.05) is 25.1 Å². The van der Waals surface area contributed by atoms with Gasteiger partial charge in [0.05, 0.1) is 17.6 Å². The molecule has 1 aromatic carbocycles. The second kappa shape index (κ2) is 4.70. The molecule has 0 saturated carbocycles. The molecular weight excluding hydrogens is 188 g/mol. The standard InChI is InChI=1S/C11H14N4/c1-2-12-8-10-9-13-15(14-10)11-6-4-3-5-7-11/h3-7,9,12H,2,8H2,1H3. The lowest BCUT2D eigenvalue weighted by atomic mass is 10.3. The van der Waals surface area contributed by atoms with E-state index in [1.807, 2.05) is 30.3 Å². The Kier molecular flexibility index (Phi) is 3.09. The van der Waals surface area contributed by atoms with Gasteiger partial charge in [0.15, 0.2) is 0 Å². The zero-order valence-corrected chi connectivity index (χ0v) is 8.72. The summed E-state index contributed by atoms with van der Waals surface area (Å²) in [5.41, 5.74) is 1.95. The van der Waals surface area contributed by atoms with Crippen molar-refractivity contribution in [1.29, 1.82) is 0 Å². The highest BCUT2D eigenvalue weighted by atomic mass is 15.5. The van der Waals surface area contributed by atoms with Crippen molar-refractivity contribution in [3.8, 4) is 5.69 Å². The lowest BCUT2D eigenvalue weighted by Gasteiger charge is -1.98. The maximum absolute atomic E-state index is 4.36. The third-order valence-corrected chi connectivity index (χ3v) is 2.08. The molecule has 2 aromatic rings. The maximum Gasteiger partial charge on any atom is 0.0969 e. The Labute approximate surface area is 88.9 Å². The topological polar surface area (TPSA) is 42.7 Å². The second-order valence-corrected chi connectivity index (χ2v) is 3.24. The first-order valence-electron chi connectivity index (χ1n) is 5.07. The number of nitrogens with zero attached hydrogens (tertiary/aromatic N) is 3. The molecule has 4 heteroatoms. The number of para-hydroxylation sites is 1. The van der Waals surface area contributed by atoms with Crippen molar-refractivity contribution in [3.63, 3.8) is 0 Å². The fraction of sp³-hybridized carbons (Fsp3) is 0.273. The summed E-state index contributed by atoms with van der Waals surface area (Å²) in [7, 11) is 0. The number of nitrogens with one attached hydrogen (secondary N) is 1. The minimum Gasteiger partial charge on any atom is -0.311 e. The SMILES string of the molecule is CCNCc1cnn(-c2ccccc2)n1. The van der Waals surface area contributed by atoms with Crippen molar-refractivity contribution in [1.82, 2.24) is 20.3 Å². The van der Waals surface area contributed by atoms with Crippen LogP contribution in [0, 0.1) is 0 Å². The van der Waals surface area contributed by atoms with Crippen LogP contribution in [0.25, 0.3) is 5.69 Å². The Hall–Kier alpha value is -1.68. The molecule has 0 amide bonds. The Morgan fingerprint density at radius 1 is 1.27 bits per heavy atom. The van der Waals surface area contributed by atoms with E-state index in [-0.39, 0.29) is 0 Å². The summed E-state index contributed by atoms with van der Waals surface area (Å²) in [5, 5.41) is 11.8. The van der Waals surface area contributed by atoms with Gasteiger partial charge in [-0.05, 0) is 18.7 Å².